The second kappa shape index (κ2) is 7.54. The molecule has 1 atom stereocenters. The molecule has 1 aliphatic rings. The van der Waals surface area contributed by atoms with Gasteiger partial charge in [0.05, 0.1) is 35.0 Å². The van der Waals surface area contributed by atoms with Crippen LogP contribution in [-0.4, -0.2) is 24.5 Å². The number of nitrogens with zero attached hydrogens (tertiary/aromatic N) is 6. The third-order valence-corrected chi connectivity index (χ3v) is 5.87. The lowest BCUT2D eigenvalue weighted by atomic mass is 10.0. The molecule has 32 heavy (non-hydrogen) atoms. The number of pyridine rings is 1. The Morgan fingerprint density at radius 3 is 2.84 bits per heavy atom. The van der Waals surface area contributed by atoms with Crippen LogP contribution in [0, 0.1) is 18.3 Å². The Morgan fingerprint density at radius 2 is 2.06 bits per heavy atom. The Hall–Kier alpha value is -4.12. The minimum atomic E-state index is -0.318. The van der Waals surface area contributed by atoms with Crippen molar-refractivity contribution < 1.29 is 4.74 Å². The van der Waals surface area contributed by atoms with Crippen LogP contribution in [0.4, 0.5) is 5.82 Å². The van der Waals surface area contributed by atoms with Crippen molar-refractivity contribution in [2.75, 3.05) is 5.73 Å². The predicted octanol–water partition coefficient (Wildman–Crippen LogP) is 3.96. The molecule has 4 aromatic rings. The zero-order chi connectivity index (χ0) is 22.4. The summed E-state index contributed by atoms with van der Waals surface area (Å²) >= 11 is 0. The summed E-state index contributed by atoms with van der Waals surface area (Å²) in [5.74, 6) is 0.860. The van der Waals surface area contributed by atoms with Crippen LogP contribution in [0.1, 0.15) is 47.9 Å². The minimum absolute atomic E-state index is 0.318. The number of aryl methyl sites for hydroxylation is 2. The quantitative estimate of drug-likeness (QED) is 0.495. The van der Waals surface area contributed by atoms with E-state index < -0.39 is 0 Å². The van der Waals surface area contributed by atoms with Crippen LogP contribution in [0.15, 0.2) is 42.9 Å². The Kier molecular flexibility index (Phi) is 4.67. The number of hydrogen-bond acceptors (Lipinski definition) is 6. The van der Waals surface area contributed by atoms with Crippen LogP contribution in [0.25, 0.3) is 16.9 Å². The van der Waals surface area contributed by atoms with E-state index in [4.69, 9.17) is 10.5 Å². The van der Waals surface area contributed by atoms with Crippen LogP contribution in [0.5, 0.6) is 5.75 Å². The molecule has 0 amide bonds. The second-order valence-electron chi connectivity index (χ2n) is 7.97. The number of ether oxygens (including phenoxy) is 1. The average Bonchev–Trinajstić information content (AvgIpc) is 3.38. The lowest BCUT2D eigenvalue weighted by Gasteiger charge is -2.22. The van der Waals surface area contributed by atoms with E-state index in [9.17, 15) is 5.26 Å². The monoisotopic (exact) mass is 425 g/mol. The molecule has 0 saturated carbocycles. The highest BCUT2D eigenvalue weighted by Crippen LogP contribution is 2.36. The first-order valence-corrected chi connectivity index (χ1v) is 10.5. The summed E-state index contributed by atoms with van der Waals surface area (Å²) in [6.45, 7) is 6.75. The predicted molar refractivity (Wildman–Crippen MR) is 120 cm³/mol. The van der Waals surface area contributed by atoms with Gasteiger partial charge in [0.2, 0.25) is 0 Å². The summed E-state index contributed by atoms with van der Waals surface area (Å²) in [6, 6.07) is 10.3. The van der Waals surface area contributed by atoms with Crippen molar-refractivity contribution in [3.05, 3.63) is 70.8 Å². The maximum Gasteiger partial charge on any atom is 0.166 e. The first-order chi connectivity index (χ1) is 15.5. The number of rotatable bonds is 1. The molecular formula is C24H23N7O. The molecule has 2 N–H and O–H groups in total. The van der Waals surface area contributed by atoms with Crippen molar-refractivity contribution in [1.82, 2.24) is 24.5 Å². The van der Waals surface area contributed by atoms with Gasteiger partial charge in [0.1, 0.15) is 12.2 Å². The topological polar surface area (TPSA) is 108 Å². The highest BCUT2D eigenvalue weighted by atomic mass is 16.5. The Labute approximate surface area is 185 Å². The van der Waals surface area contributed by atoms with Gasteiger partial charge in [-0.25, -0.2) is 9.67 Å². The smallest absolute Gasteiger partial charge is 0.166 e. The zero-order valence-electron chi connectivity index (χ0n) is 18.2. The molecule has 8 heteroatoms. The van der Waals surface area contributed by atoms with Crippen LogP contribution >= 0.6 is 0 Å². The van der Waals surface area contributed by atoms with Crippen LogP contribution in [-0.2, 0) is 13.0 Å². The number of nitrogens with two attached hydrogens (primary N) is 1. The number of benzene rings is 1. The van der Waals surface area contributed by atoms with E-state index in [-0.39, 0.29) is 6.10 Å². The third-order valence-electron chi connectivity index (χ3n) is 5.87. The van der Waals surface area contributed by atoms with Gasteiger partial charge in [-0.3, -0.25) is 4.68 Å². The van der Waals surface area contributed by atoms with Gasteiger partial charge < -0.3 is 10.5 Å². The van der Waals surface area contributed by atoms with Crippen molar-refractivity contribution in [1.29, 1.82) is 5.26 Å². The molecule has 160 valence electrons. The van der Waals surface area contributed by atoms with E-state index in [0.29, 0.717) is 30.1 Å². The summed E-state index contributed by atoms with van der Waals surface area (Å²) in [5, 5.41) is 18.9. The molecule has 1 aliphatic heterocycles. The standard InChI is InChI=1S/C24H23N7O/c1-4-30-23-16(12-28-30)8-21-18(10-25)13-29-31(21)20-6-5-14(2)7-19(20)15(3)32-22-9-17(23)11-27-24(22)26/h5-7,9,11-13,15H,4,8H2,1-3H3,(H2,26,27)/t15-/m1/s1. The van der Waals surface area contributed by atoms with E-state index in [0.717, 1.165) is 39.3 Å². The molecular weight excluding hydrogens is 402 g/mol. The fourth-order valence-electron chi connectivity index (χ4n) is 4.28. The summed E-state index contributed by atoms with van der Waals surface area (Å²) in [4.78, 5) is 4.40. The molecule has 0 radical (unpaired) electrons. The fraction of sp³-hybridized carbons (Fsp3) is 0.250. The molecule has 0 saturated heterocycles. The third kappa shape index (κ3) is 3.10. The summed E-state index contributed by atoms with van der Waals surface area (Å²) in [7, 11) is 0. The van der Waals surface area contributed by atoms with Gasteiger partial charge in [-0.15, -0.1) is 0 Å². The maximum atomic E-state index is 9.78. The molecule has 1 aromatic carbocycles. The van der Waals surface area contributed by atoms with Gasteiger partial charge in [-0.1, -0.05) is 17.7 Å². The van der Waals surface area contributed by atoms with Crippen molar-refractivity contribution in [2.24, 2.45) is 0 Å². The van der Waals surface area contributed by atoms with Crippen molar-refractivity contribution in [3.8, 4) is 28.8 Å². The number of nitriles is 1. The molecule has 4 heterocycles. The fourth-order valence-corrected chi connectivity index (χ4v) is 4.28. The van der Waals surface area contributed by atoms with E-state index >= 15 is 0 Å². The summed E-state index contributed by atoms with van der Waals surface area (Å²) in [5.41, 5.74) is 13.2. The Morgan fingerprint density at radius 1 is 1.22 bits per heavy atom. The highest BCUT2D eigenvalue weighted by molar-refractivity contribution is 5.68. The molecule has 8 nitrogen and oxygen atoms in total. The molecule has 0 fully saturated rings. The number of fused-ring (bicyclic) bond motifs is 7. The second-order valence-corrected chi connectivity index (χ2v) is 7.97. The van der Waals surface area contributed by atoms with E-state index in [1.165, 1.54) is 0 Å². The molecule has 0 unspecified atom stereocenters. The highest BCUT2D eigenvalue weighted by Gasteiger charge is 2.24. The van der Waals surface area contributed by atoms with Crippen LogP contribution in [0.3, 0.4) is 0 Å². The Bertz CT molecular complexity index is 1380. The maximum absolute atomic E-state index is 9.78. The van der Waals surface area contributed by atoms with Crippen molar-refractivity contribution in [3.63, 3.8) is 0 Å². The van der Waals surface area contributed by atoms with Gasteiger partial charge >= 0.3 is 0 Å². The number of anilines is 1. The largest absolute Gasteiger partial charge is 0.482 e. The van der Waals surface area contributed by atoms with E-state index in [1.54, 1.807) is 12.4 Å². The molecule has 3 aromatic heterocycles. The Balaban J connectivity index is 1.83. The normalized spacial score (nSPS) is 14.8. The average molecular weight is 425 g/mol. The SMILES string of the molecule is CCn1ncc2c1-c1cnc(N)c(c1)O[C@H](C)c1cc(C)ccc1-n1ncc(C#N)c1C2. The molecule has 5 rings (SSSR count). The van der Waals surface area contributed by atoms with Crippen molar-refractivity contribution >= 4 is 5.82 Å². The van der Waals surface area contributed by atoms with E-state index in [1.807, 2.05) is 54.5 Å². The van der Waals surface area contributed by atoms with Crippen LogP contribution < -0.4 is 10.5 Å². The lowest BCUT2D eigenvalue weighted by Crippen LogP contribution is -2.14. The lowest BCUT2D eigenvalue weighted by molar-refractivity contribution is 0.227. The van der Waals surface area contributed by atoms with Gasteiger partial charge in [-0.2, -0.15) is 15.5 Å². The molecule has 0 spiro atoms. The minimum Gasteiger partial charge on any atom is -0.482 e. The van der Waals surface area contributed by atoms with Gasteiger partial charge in [-0.05, 0) is 32.9 Å². The van der Waals surface area contributed by atoms with Gasteiger partial charge in [0.15, 0.2) is 11.6 Å². The zero-order valence-corrected chi connectivity index (χ0v) is 18.2. The number of nitrogen functional groups attached to an aromatic ring is 1. The summed E-state index contributed by atoms with van der Waals surface area (Å²) in [6.07, 6.45) is 5.39. The van der Waals surface area contributed by atoms with Gasteiger partial charge in [0.25, 0.3) is 0 Å². The first-order valence-electron chi connectivity index (χ1n) is 10.5. The number of hydrogen-bond donors (Lipinski definition) is 1. The number of aromatic nitrogens is 5. The van der Waals surface area contributed by atoms with Crippen molar-refractivity contribution in [2.45, 2.75) is 39.8 Å². The molecule has 2 bridgehead atoms. The van der Waals surface area contributed by atoms with Gasteiger partial charge in [0, 0.05) is 35.9 Å². The summed E-state index contributed by atoms with van der Waals surface area (Å²) < 4.78 is 10.1. The van der Waals surface area contributed by atoms with E-state index in [2.05, 4.69) is 27.3 Å². The first kappa shape index (κ1) is 19.8. The van der Waals surface area contributed by atoms with Crippen LogP contribution in [0.2, 0.25) is 0 Å². The molecule has 0 aliphatic carbocycles.